The van der Waals surface area contributed by atoms with Crippen molar-refractivity contribution >= 4 is 65.4 Å². The molecule has 7 aromatic carbocycles. The number of aromatic nitrogens is 3. The summed E-state index contributed by atoms with van der Waals surface area (Å²) < 4.78 is 7.01. The first-order valence-electron chi connectivity index (χ1n) is 18.6. The maximum atomic E-state index is 11.3. The van der Waals surface area contributed by atoms with Crippen LogP contribution in [0.4, 0.5) is 0 Å². The summed E-state index contributed by atoms with van der Waals surface area (Å²) in [5, 5.41) is 18.5. The molecule has 10 aromatic rings. The Morgan fingerprint density at radius 1 is 0.396 bits per heavy atom. The van der Waals surface area contributed by atoms with E-state index in [2.05, 4.69) is 193 Å². The third-order valence-electron chi connectivity index (χ3n) is 11.2. The monoisotopic (exact) mass is 682 g/mol. The van der Waals surface area contributed by atoms with Crippen LogP contribution < -0.4 is 0 Å². The number of fused-ring (bicyclic) bond motifs is 9. The molecule has 3 heterocycles. The molecule has 4 nitrogen and oxygen atoms in total. The van der Waals surface area contributed by atoms with E-state index in [4.69, 9.17) is 0 Å². The molecule has 0 fully saturated rings. The first kappa shape index (κ1) is 31.2. The molecule has 10 rings (SSSR count). The van der Waals surface area contributed by atoms with Crippen molar-refractivity contribution in [1.29, 1.82) is 5.26 Å². The third-order valence-corrected chi connectivity index (χ3v) is 11.2. The molecule has 0 saturated heterocycles. The Morgan fingerprint density at radius 3 is 1.08 bits per heavy atom. The van der Waals surface area contributed by atoms with Crippen molar-refractivity contribution in [1.82, 2.24) is 13.7 Å². The smallest absolute Gasteiger partial charge is 0.104 e. The van der Waals surface area contributed by atoms with Gasteiger partial charge in [-0.25, -0.2) is 0 Å². The SMILES string of the molecule is CC(C)c1ccc2c(c1)c1cc(C(C)C)ccc1n2-c1cc(-n2c3ccccc3c3ccccc32)c(C#N)c(-n2c3ccccc3c3ccccc32)c1. The Labute approximate surface area is 308 Å². The van der Waals surface area contributed by atoms with Gasteiger partial charge in [0.25, 0.3) is 0 Å². The van der Waals surface area contributed by atoms with E-state index in [0.29, 0.717) is 17.4 Å². The summed E-state index contributed by atoms with van der Waals surface area (Å²) in [6.07, 6.45) is 0. The number of rotatable bonds is 5. The van der Waals surface area contributed by atoms with Gasteiger partial charge < -0.3 is 13.7 Å². The molecule has 254 valence electrons. The molecule has 0 N–H and O–H groups in total. The molecule has 4 heteroatoms. The van der Waals surface area contributed by atoms with Crippen molar-refractivity contribution in [3.05, 3.63) is 162 Å². The van der Waals surface area contributed by atoms with E-state index >= 15 is 0 Å². The minimum absolute atomic E-state index is 0.407. The predicted molar refractivity (Wildman–Crippen MR) is 222 cm³/mol. The van der Waals surface area contributed by atoms with E-state index < -0.39 is 0 Å². The van der Waals surface area contributed by atoms with Gasteiger partial charge in [-0.2, -0.15) is 5.26 Å². The highest BCUT2D eigenvalue weighted by Gasteiger charge is 2.24. The Balaban J connectivity index is 1.41. The van der Waals surface area contributed by atoms with Gasteiger partial charge in [0, 0.05) is 32.3 Å². The van der Waals surface area contributed by atoms with Crippen LogP contribution in [0.1, 0.15) is 56.2 Å². The first-order valence-corrected chi connectivity index (χ1v) is 18.6. The molecular formula is C49H38N4. The number of nitrogens with zero attached hydrogens (tertiary/aromatic N) is 4. The van der Waals surface area contributed by atoms with E-state index in [1.54, 1.807) is 0 Å². The van der Waals surface area contributed by atoms with Crippen molar-refractivity contribution in [3.63, 3.8) is 0 Å². The maximum Gasteiger partial charge on any atom is 0.104 e. The van der Waals surface area contributed by atoms with E-state index in [1.165, 1.54) is 21.9 Å². The van der Waals surface area contributed by atoms with Gasteiger partial charge in [0.1, 0.15) is 11.6 Å². The standard InChI is InChI=1S/C49H38N4/c1-30(2)32-21-23-46-39(25-32)40-26-33(31(3)4)22-24-47(40)51(46)34-27-48(52-42-17-9-5-13-35(42)36-14-6-10-18-43(36)52)41(29-50)49(28-34)53-44-19-11-7-15-37(44)38-16-8-12-20-45(38)53/h5-28,30-31H,1-4H3. The highest BCUT2D eigenvalue weighted by molar-refractivity contribution is 6.12. The van der Waals surface area contributed by atoms with Crippen LogP contribution in [0.2, 0.25) is 0 Å². The van der Waals surface area contributed by atoms with Crippen LogP contribution in [-0.4, -0.2) is 13.7 Å². The molecule has 0 saturated carbocycles. The zero-order valence-corrected chi connectivity index (χ0v) is 30.3. The quantitative estimate of drug-likeness (QED) is 0.178. The molecule has 0 aliphatic rings. The third kappa shape index (κ3) is 4.54. The molecule has 0 aliphatic carbocycles. The van der Waals surface area contributed by atoms with Gasteiger partial charge in [-0.1, -0.05) is 113 Å². The fourth-order valence-electron chi connectivity index (χ4n) is 8.61. The lowest BCUT2D eigenvalue weighted by atomic mass is 9.98. The average Bonchev–Trinajstić information content (AvgIpc) is 3.82. The lowest BCUT2D eigenvalue weighted by molar-refractivity contribution is 0.868. The molecule has 3 aromatic heterocycles. The average molecular weight is 683 g/mol. The molecule has 53 heavy (non-hydrogen) atoms. The molecule has 0 radical (unpaired) electrons. The molecular weight excluding hydrogens is 645 g/mol. The van der Waals surface area contributed by atoms with E-state index in [1.807, 2.05) is 0 Å². The lowest BCUT2D eigenvalue weighted by Crippen LogP contribution is -2.07. The second kappa shape index (κ2) is 11.7. The lowest BCUT2D eigenvalue weighted by Gasteiger charge is -2.19. The molecule has 0 atom stereocenters. The van der Waals surface area contributed by atoms with Crippen molar-refractivity contribution < 1.29 is 0 Å². The molecule has 0 unspecified atom stereocenters. The summed E-state index contributed by atoms with van der Waals surface area (Å²) >= 11 is 0. The summed E-state index contributed by atoms with van der Waals surface area (Å²) in [7, 11) is 0. The summed E-state index contributed by atoms with van der Waals surface area (Å²) in [5.41, 5.74) is 12.6. The van der Waals surface area contributed by atoms with Crippen molar-refractivity contribution in [2.75, 3.05) is 0 Å². The van der Waals surface area contributed by atoms with Gasteiger partial charge in [0.05, 0.1) is 50.2 Å². The second-order valence-electron chi connectivity index (χ2n) is 14.9. The van der Waals surface area contributed by atoms with Gasteiger partial charge in [-0.05, 0) is 83.6 Å². The van der Waals surface area contributed by atoms with Crippen LogP contribution >= 0.6 is 0 Å². The number of benzene rings is 7. The maximum absolute atomic E-state index is 11.3. The van der Waals surface area contributed by atoms with Crippen LogP contribution in [-0.2, 0) is 0 Å². The normalized spacial score (nSPS) is 12.1. The van der Waals surface area contributed by atoms with Gasteiger partial charge in [0.15, 0.2) is 0 Å². The molecule has 0 amide bonds. The highest BCUT2D eigenvalue weighted by atomic mass is 15.0. The van der Waals surface area contributed by atoms with E-state index in [9.17, 15) is 5.26 Å². The molecule has 0 bridgehead atoms. The fourth-order valence-corrected chi connectivity index (χ4v) is 8.61. The number of hydrogen-bond donors (Lipinski definition) is 0. The Hall–Kier alpha value is -6.57. The number of hydrogen-bond acceptors (Lipinski definition) is 1. The summed E-state index contributed by atoms with van der Waals surface area (Å²) in [6, 6.07) is 55.3. The number of para-hydroxylation sites is 4. The summed E-state index contributed by atoms with van der Waals surface area (Å²) in [6.45, 7) is 9.04. The zero-order valence-electron chi connectivity index (χ0n) is 30.3. The minimum atomic E-state index is 0.407. The van der Waals surface area contributed by atoms with Crippen LogP contribution in [0, 0.1) is 11.3 Å². The van der Waals surface area contributed by atoms with Crippen LogP contribution in [0.25, 0.3) is 82.5 Å². The number of nitriles is 1. The predicted octanol–water partition coefficient (Wildman–Crippen LogP) is 13.1. The van der Waals surface area contributed by atoms with Gasteiger partial charge in [-0.15, -0.1) is 0 Å². The minimum Gasteiger partial charge on any atom is -0.309 e. The van der Waals surface area contributed by atoms with Gasteiger partial charge >= 0.3 is 0 Å². The Bertz CT molecular complexity index is 2830. The topological polar surface area (TPSA) is 38.6 Å². The zero-order chi connectivity index (χ0) is 36.0. The second-order valence-corrected chi connectivity index (χ2v) is 14.9. The summed E-state index contributed by atoms with van der Waals surface area (Å²) in [4.78, 5) is 0. The first-order chi connectivity index (χ1) is 25.9. The van der Waals surface area contributed by atoms with Gasteiger partial charge in [0.2, 0.25) is 0 Å². The summed E-state index contributed by atoms with van der Waals surface area (Å²) in [5.74, 6) is 0.814. The van der Waals surface area contributed by atoms with Crippen molar-refractivity contribution in [2.45, 2.75) is 39.5 Å². The largest absolute Gasteiger partial charge is 0.309 e. The van der Waals surface area contributed by atoms with Crippen LogP contribution in [0.5, 0.6) is 0 Å². The van der Waals surface area contributed by atoms with Gasteiger partial charge in [-0.3, -0.25) is 0 Å². The van der Waals surface area contributed by atoms with Crippen molar-refractivity contribution in [3.8, 4) is 23.1 Å². The van der Waals surface area contributed by atoms with E-state index in [0.717, 1.165) is 71.7 Å². The fraction of sp³-hybridized carbons (Fsp3) is 0.122. The van der Waals surface area contributed by atoms with Crippen LogP contribution in [0.3, 0.4) is 0 Å². The van der Waals surface area contributed by atoms with E-state index in [-0.39, 0.29) is 0 Å². The van der Waals surface area contributed by atoms with Crippen molar-refractivity contribution in [2.24, 2.45) is 0 Å². The molecule has 0 aliphatic heterocycles. The Morgan fingerprint density at radius 2 is 0.736 bits per heavy atom. The Kier molecular flexibility index (Phi) is 6.90. The highest BCUT2D eigenvalue weighted by Crippen LogP contribution is 2.41. The molecule has 0 spiro atoms. The van der Waals surface area contributed by atoms with Crippen LogP contribution in [0.15, 0.2) is 146 Å².